The number of nitrogens with zero attached hydrogens (tertiary/aromatic N) is 3. The molecule has 1 heterocycles. The summed E-state index contributed by atoms with van der Waals surface area (Å²) in [4.78, 5) is 35.7. The molecule has 3 aromatic rings. The Balaban J connectivity index is 1.68. The summed E-state index contributed by atoms with van der Waals surface area (Å²) >= 11 is 5.86. The fourth-order valence-corrected chi connectivity index (χ4v) is 3.20. The highest BCUT2D eigenvalue weighted by atomic mass is 35.5. The van der Waals surface area contributed by atoms with E-state index in [9.17, 15) is 19.7 Å². The number of ether oxygens (including phenoxy) is 1. The summed E-state index contributed by atoms with van der Waals surface area (Å²) in [6.45, 7) is 5.41. The molecule has 0 bridgehead atoms. The summed E-state index contributed by atoms with van der Waals surface area (Å²) in [6.07, 6.45) is -0.517. The van der Waals surface area contributed by atoms with Crippen molar-refractivity contribution in [1.82, 2.24) is 15.5 Å². The second-order valence-electron chi connectivity index (χ2n) is 7.99. The highest BCUT2D eigenvalue weighted by Crippen LogP contribution is 2.25. The minimum absolute atomic E-state index is 0.0500. The monoisotopic (exact) mass is 486 g/mol. The van der Waals surface area contributed by atoms with E-state index in [1.54, 1.807) is 31.2 Å². The van der Waals surface area contributed by atoms with Gasteiger partial charge in [-0.3, -0.25) is 14.9 Å². The maximum Gasteiger partial charge on any atom is 0.329 e. The van der Waals surface area contributed by atoms with Crippen LogP contribution in [-0.2, 0) is 9.53 Å². The molecule has 0 aliphatic carbocycles. The predicted molar refractivity (Wildman–Crippen MR) is 123 cm³/mol. The standard InChI is InChI=1S/C23H23ClN4O6/c1-13(2)12-19(25-20(29)15-4-8-17(24)9-5-15)23(30)33-14(3)21-26-27-22(34-21)16-6-10-18(11-7-16)28(31)32/h4-11,13-14,19H,12H2,1-3H3,(H,25,29)/t14-,19+/m0/s1. The average Bonchev–Trinajstić information content (AvgIpc) is 3.29. The van der Waals surface area contributed by atoms with Crippen LogP contribution in [0, 0.1) is 16.0 Å². The van der Waals surface area contributed by atoms with Crippen LogP contribution in [0.25, 0.3) is 11.5 Å². The maximum absolute atomic E-state index is 12.8. The van der Waals surface area contributed by atoms with E-state index in [0.29, 0.717) is 22.6 Å². The average molecular weight is 487 g/mol. The molecule has 2 atom stereocenters. The topological polar surface area (TPSA) is 137 Å². The number of hydrogen-bond donors (Lipinski definition) is 1. The summed E-state index contributed by atoms with van der Waals surface area (Å²) in [6, 6.07) is 11.0. The molecule has 0 fully saturated rings. The second kappa shape index (κ2) is 10.9. The van der Waals surface area contributed by atoms with Crippen LogP contribution in [0.2, 0.25) is 5.02 Å². The SMILES string of the molecule is CC(C)C[C@@H](NC(=O)c1ccc(Cl)cc1)C(=O)O[C@@H](C)c1nnc(-c2ccc([N+](=O)[O-])cc2)o1. The van der Waals surface area contributed by atoms with Crippen molar-refractivity contribution in [1.29, 1.82) is 0 Å². The number of hydrogen-bond acceptors (Lipinski definition) is 8. The van der Waals surface area contributed by atoms with Crippen LogP contribution in [0.3, 0.4) is 0 Å². The molecule has 178 valence electrons. The predicted octanol–water partition coefficient (Wildman–Crippen LogP) is 4.75. The fraction of sp³-hybridized carbons (Fsp3) is 0.304. The first-order valence-electron chi connectivity index (χ1n) is 10.5. The van der Waals surface area contributed by atoms with Gasteiger partial charge in [0, 0.05) is 28.3 Å². The summed E-state index contributed by atoms with van der Waals surface area (Å²) < 4.78 is 11.1. The van der Waals surface area contributed by atoms with E-state index in [1.807, 2.05) is 13.8 Å². The quantitative estimate of drug-likeness (QED) is 0.260. The molecule has 34 heavy (non-hydrogen) atoms. The van der Waals surface area contributed by atoms with Gasteiger partial charge in [0.25, 0.3) is 17.5 Å². The van der Waals surface area contributed by atoms with Crippen molar-refractivity contribution in [2.45, 2.75) is 39.3 Å². The maximum atomic E-state index is 12.8. The second-order valence-corrected chi connectivity index (χ2v) is 8.43. The third kappa shape index (κ3) is 6.38. The number of aromatic nitrogens is 2. The molecule has 0 saturated carbocycles. The van der Waals surface area contributed by atoms with E-state index < -0.39 is 28.9 Å². The fourth-order valence-electron chi connectivity index (χ4n) is 3.08. The molecular formula is C23H23ClN4O6. The number of benzene rings is 2. The molecule has 0 aliphatic heterocycles. The number of amides is 1. The van der Waals surface area contributed by atoms with Gasteiger partial charge in [0.1, 0.15) is 6.04 Å². The molecule has 0 unspecified atom stereocenters. The number of esters is 1. The summed E-state index contributed by atoms with van der Waals surface area (Å²) in [7, 11) is 0. The Morgan fingerprint density at radius 3 is 2.32 bits per heavy atom. The number of halogens is 1. The Kier molecular flexibility index (Phi) is 7.95. The molecular weight excluding hydrogens is 464 g/mol. The Morgan fingerprint density at radius 1 is 1.09 bits per heavy atom. The van der Waals surface area contributed by atoms with Crippen molar-refractivity contribution in [3.63, 3.8) is 0 Å². The number of carbonyl (C=O) groups is 2. The van der Waals surface area contributed by atoms with Crippen LogP contribution < -0.4 is 5.32 Å². The van der Waals surface area contributed by atoms with Crippen LogP contribution in [-0.4, -0.2) is 33.0 Å². The van der Waals surface area contributed by atoms with Gasteiger partial charge in [0.15, 0.2) is 6.10 Å². The molecule has 0 saturated heterocycles. The van der Waals surface area contributed by atoms with E-state index >= 15 is 0 Å². The Bertz CT molecular complexity index is 1160. The zero-order valence-electron chi connectivity index (χ0n) is 18.7. The first-order valence-corrected chi connectivity index (χ1v) is 10.9. The zero-order chi connectivity index (χ0) is 24.8. The van der Waals surface area contributed by atoms with Gasteiger partial charge in [-0.1, -0.05) is 25.4 Å². The van der Waals surface area contributed by atoms with Crippen LogP contribution >= 0.6 is 11.6 Å². The van der Waals surface area contributed by atoms with Crippen LogP contribution in [0.4, 0.5) is 5.69 Å². The normalized spacial score (nSPS) is 12.7. The van der Waals surface area contributed by atoms with Gasteiger partial charge < -0.3 is 14.5 Å². The van der Waals surface area contributed by atoms with Crippen LogP contribution in [0.5, 0.6) is 0 Å². The van der Waals surface area contributed by atoms with Crippen molar-refractivity contribution in [3.8, 4) is 11.5 Å². The first-order chi connectivity index (χ1) is 16.1. The number of rotatable bonds is 9. The molecule has 11 heteroatoms. The van der Waals surface area contributed by atoms with Gasteiger partial charge in [-0.15, -0.1) is 10.2 Å². The largest absolute Gasteiger partial charge is 0.451 e. The van der Waals surface area contributed by atoms with Crippen molar-refractivity contribution in [2.75, 3.05) is 0 Å². The molecule has 0 spiro atoms. The van der Waals surface area contributed by atoms with E-state index in [4.69, 9.17) is 20.8 Å². The first kappa shape index (κ1) is 24.8. The highest BCUT2D eigenvalue weighted by molar-refractivity contribution is 6.30. The lowest BCUT2D eigenvalue weighted by Gasteiger charge is -2.21. The lowest BCUT2D eigenvalue weighted by atomic mass is 10.0. The number of nitrogens with one attached hydrogen (secondary N) is 1. The summed E-state index contributed by atoms with van der Waals surface area (Å²) in [5.74, 6) is -0.782. The lowest BCUT2D eigenvalue weighted by molar-refractivity contribution is -0.384. The molecule has 0 aliphatic rings. The van der Waals surface area contributed by atoms with Gasteiger partial charge in [-0.25, -0.2) is 4.79 Å². The number of non-ortho nitro benzene ring substituents is 1. The molecule has 1 N–H and O–H groups in total. The molecule has 10 nitrogen and oxygen atoms in total. The van der Waals surface area contributed by atoms with Gasteiger partial charge in [0.05, 0.1) is 4.92 Å². The number of carbonyl (C=O) groups excluding carboxylic acids is 2. The van der Waals surface area contributed by atoms with E-state index in [-0.39, 0.29) is 23.4 Å². The molecule has 3 rings (SSSR count). The Hall–Kier alpha value is -3.79. The zero-order valence-corrected chi connectivity index (χ0v) is 19.5. The van der Waals surface area contributed by atoms with Gasteiger partial charge in [0.2, 0.25) is 5.89 Å². The van der Waals surface area contributed by atoms with Gasteiger partial charge >= 0.3 is 5.97 Å². The molecule has 1 amide bonds. The van der Waals surface area contributed by atoms with Crippen LogP contribution in [0.1, 0.15) is 49.5 Å². The van der Waals surface area contributed by atoms with Crippen molar-refractivity contribution >= 4 is 29.2 Å². The van der Waals surface area contributed by atoms with E-state index in [1.165, 1.54) is 24.3 Å². The minimum Gasteiger partial charge on any atom is -0.451 e. The van der Waals surface area contributed by atoms with Crippen molar-refractivity contribution < 1.29 is 23.7 Å². The molecule has 2 aromatic carbocycles. The number of nitro groups is 1. The highest BCUT2D eigenvalue weighted by Gasteiger charge is 2.28. The summed E-state index contributed by atoms with van der Waals surface area (Å²) in [5.41, 5.74) is 0.780. The van der Waals surface area contributed by atoms with Crippen molar-refractivity contribution in [2.24, 2.45) is 5.92 Å². The van der Waals surface area contributed by atoms with Crippen LogP contribution in [0.15, 0.2) is 52.9 Å². The van der Waals surface area contributed by atoms with Crippen molar-refractivity contribution in [3.05, 3.63) is 75.1 Å². The minimum atomic E-state index is -0.886. The molecule has 1 aromatic heterocycles. The smallest absolute Gasteiger partial charge is 0.329 e. The third-order valence-corrected chi connectivity index (χ3v) is 5.06. The number of nitro benzene ring substituents is 1. The Labute approximate surface area is 200 Å². The lowest BCUT2D eigenvalue weighted by Crippen LogP contribution is -2.43. The summed E-state index contributed by atoms with van der Waals surface area (Å²) in [5, 5.41) is 21.8. The van der Waals surface area contributed by atoms with Gasteiger partial charge in [-0.2, -0.15) is 0 Å². The molecule has 0 radical (unpaired) electrons. The Morgan fingerprint density at radius 2 is 1.74 bits per heavy atom. The third-order valence-electron chi connectivity index (χ3n) is 4.81. The van der Waals surface area contributed by atoms with E-state index in [0.717, 1.165) is 0 Å². The van der Waals surface area contributed by atoms with E-state index in [2.05, 4.69) is 15.5 Å². The van der Waals surface area contributed by atoms with Gasteiger partial charge in [-0.05, 0) is 55.7 Å².